The van der Waals surface area contributed by atoms with Crippen LogP contribution in [0.1, 0.15) is 45.2 Å². The van der Waals surface area contributed by atoms with E-state index >= 15 is 0 Å². The van der Waals surface area contributed by atoms with Gasteiger partial charge in [-0.3, -0.25) is 0 Å². The highest BCUT2D eigenvalue weighted by atomic mass is 28.3. The van der Waals surface area contributed by atoms with E-state index in [0.717, 1.165) is 71.8 Å². The summed E-state index contributed by atoms with van der Waals surface area (Å²) in [4.78, 5) is 0. The van der Waals surface area contributed by atoms with Crippen molar-refractivity contribution in [3.8, 4) is 27.9 Å². The Labute approximate surface area is 451 Å². The summed E-state index contributed by atoms with van der Waals surface area (Å²) in [6, 6.07) is 102. The Balaban J connectivity index is 0.936. The Hall–Kier alpha value is -9.74. The molecule has 364 valence electrons. The molecule has 15 aromatic rings. The molecule has 0 amide bonds. The zero-order valence-electron chi connectivity index (χ0n) is 42.4. The van der Waals surface area contributed by atoms with Crippen LogP contribution in [0.5, 0.6) is 0 Å². The fourth-order valence-electron chi connectivity index (χ4n) is 14.2. The molecule has 0 fully saturated rings. The molecule has 0 saturated heterocycles. The minimum Gasteiger partial charge on any atom is -0.456 e. The van der Waals surface area contributed by atoms with Gasteiger partial charge in [-0.05, 0) is 143 Å². The number of para-hydroxylation sites is 3. The van der Waals surface area contributed by atoms with Crippen molar-refractivity contribution in [3.63, 3.8) is 0 Å². The lowest BCUT2D eigenvalue weighted by atomic mass is 9.60. The van der Waals surface area contributed by atoms with Crippen molar-refractivity contribution < 1.29 is 8.83 Å². The van der Waals surface area contributed by atoms with Crippen LogP contribution in [0.4, 0.5) is 0 Å². The number of fused-ring (bicyclic) bond motifs is 9. The van der Waals surface area contributed by atoms with Crippen molar-refractivity contribution in [3.05, 3.63) is 306 Å². The topological polar surface area (TPSA) is 31.2 Å². The highest BCUT2D eigenvalue weighted by Gasteiger charge is 2.44. The molecule has 3 nitrogen and oxygen atoms in total. The van der Waals surface area contributed by atoms with Crippen LogP contribution in [0.2, 0.25) is 0 Å². The Morgan fingerprint density at radius 3 is 1.36 bits per heavy atom. The van der Waals surface area contributed by atoms with Gasteiger partial charge in [-0.15, -0.1) is 0 Å². The average Bonchev–Trinajstić information content (AvgIpc) is 4.29. The number of hydrogen-bond acceptors (Lipinski definition) is 2. The first kappa shape index (κ1) is 43.5. The van der Waals surface area contributed by atoms with Gasteiger partial charge in [-0.2, -0.15) is 0 Å². The van der Waals surface area contributed by atoms with Crippen molar-refractivity contribution >= 4 is 94.5 Å². The third-order valence-electron chi connectivity index (χ3n) is 17.5. The molecular weight excluding hydrogens is 963 g/mol. The highest BCUT2D eigenvalue weighted by Crippen LogP contribution is 2.58. The molecule has 3 aliphatic carbocycles. The molecule has 0 N–H and O–H groups in total. The lowest BCUT2D eigenvalue weighted by Gasteiger charge is -2.42. The van der Waals surface area contributed by atoms with Crippen LogP contribution < -0.4 is 20.7 Å². The van der Waals surface area contributed by atoms with E-state index in [9.17, 15) is 0 Å². The van der Waals surface area contributed by atoms with Crippen molar-refractivity contribution in [2.24, 2.45) is 0 Å². The molecule has 3 aliphatic rings. The molecule has 18 rings (SSSR count). The van der Waals surface area contributed by atoms with E-state index < -0.39 is 8.07 Å². The Morgan fingerprint density at radius 1 is 0.282 bits per heavy atom. The predicted octanol–water partition coefficient (Wildman–Crippen LogP) is 16.3. The van der Waals surface area contributed by atoms with E-state index in [1.54, 1.807) is 0 Å². The van der Waals surface area contributed by atoms with Gasteiger partial charge in [0.25, 0.3) is 0 Å². The van der Waals surface area contributed by atoms with E-state index in [0.29, 0.717) is 0 Å². The number of furan rings is 2. The summed E-state index contributed by atoms with van der Waals surface area (Å²) in [5.74, 6) is 0.336. The maximum atomic E-state index is 6.42. The summed E-state index contributed by atoms with van der Waals surface area (Å²) >= 11 is 0. The number of nitrogens with zero attached hydrogens (tertiary/aromatic N) is 1. The van der Waals surface area contributed by atoms with Crippen LogP contribution in [0.15, 0.2) is 282 Å². The van der Waals surface area contributed by atoms with Crippen molar-refractivity contribution in [1.29, 1.82) is 0 Å². The third kappa shape index (κ3) is 6.15. The lowest BCUT2D eigenvalue weighted by molar-refractivity contribution is 0.668. The van der Waals surface area contributed by atoms with Gasteiger partial charge in [0.2, 0.25) is 0 Å². The fraction of sp³-hybridized carbons (Fsp3) is 0.0270. The molecule has 0 saturated carbocycles. The number of aromatic nitrogens is 1. The van der Waals surface area contributed by atoms with Crippen LogP contribution in [0.3, 0.4) is 0 Å². The van der Waals surface area contributed by atoms with Crippen LogP contribution in [-0.2, 0) is 0 Å². The largest absolute Gasteiger partial charge is 0.456 e. The molecule has 2 bridgehead atoms. The second-order valence-corrected chi connectivity index (χ2v) is 25.2. The minimum absolute atomic E-state index is 0.144. The van der Waals surface area contributed by atoms with E-state index in [2.05, 4.69) is 265 Å². The van der Waals surface area contributed by atoms with Gasteiger partial charge in [-0.1, -0.05) is 206 Å². The maximum absolute atomic E-state index is 6.42. The molecule has 0 unspecified atom stereocenters. The summed E-state index contributed by atoms with van der Waals surface area (Å²) in [5, 5.41) is 12.3. The predicted molar refractivity (Wildman–Crippen MR) is 325 cm³/mol. The normalized spacial score (nSPS) is 14.7. The van der Waals surface area contributed by atoms with Gasteiger partial charge in [-0.25, -0.2) is 0 Å². The van der Waals surface area contributed by atoms with E-state index in [1.807, 2.05) is 12.1 Å². The second kappa shape index (κ2) is 16.6. The first-order valence-corrected chi connectivity index (χ1v) is 29.1. The standard InChI is InChI=1S/C74H47NO2Si/c1-3-19-51(20-4-1)78(52-21-5-2-6-22-52,54-41-48(46-34-38-69-63(43-46)55-24-12-15-32-67(55)76-69)40-49(42-54)47-35-39-70-64(44-47)56-25-13-16-33-68(56)77-70)53-23-17-18-50(45-53)75-65-31-14-11-30-61(65)73-66(75)37-36-62-71-57-26-7-9-28-59(57)72(74(62)73)60-29-10-8-27-58(60)71/h1-45,71-72H. The smallest absolute Gasteiger partial charge is 0.179 e. The van der Waals surface area contributed by atoms with Crippen LogP contribution in [0, 0.1) is 0 Å². The maximum Gasteiger partial charge on any atom is 0.179 e. The van der Waals surface area contributed by atoms with Crippen molar-refractivity contribution in [2.75, 3.05) is 0 Å². The quantitative estimate of drug-likeness (QED) is 0.118. The third-order valence-corrected chi connectivity index (χ3v) is 22.2. The monoisotopic (exact) mass is 1010 g/mol. The van der Waals surface area contributed by atoms with E-state index in [4.69, 9.17) is 8.83 Å². The van der Waals surface area contributed by atoms with Gasteiger partial charge in [0.05, 0.1) is 11.0 Å². The zero-order chi connectivity index (χ0) is 51.1. The van der Waals surface area contributed by atoms with E-state index in [1.165, 1.54) is 75.9 Å². The Morgan fingerprint density at radius 2 is 0.769 bits per heavy atom. The summed E-state index contributed by atoms with van der Waals surface area (Å²) < 4.78 is 15.4. The summed E-state index contributed by atoms with van der Waals surface area (Å²) in [6.45, 7) is 0. The summed E-state index contributed by atoms with van der Waals surface area (Å²) in [6.07, 6.45) is 0. The average molecular weight is 1010 g/mol. The Bertz CT molecular complexity index is 4730. The zero-order valence-corrected chi connectivity index (χ0v) is 43.4. The molecule has 78 heavy (non-hydrogen) atoms. The fourth-order valence-corrected chi connectivity index (χ4v) is 19.1. The minimum atomic E-state index is -3.24. The van der Waals surface area contributed by atoms with Gasteiger partial charge < -0.3 is 13.4 Å². The first-order valence-electron chi connectivity index (χ1n) is 27.1. The lowest BCUT2D eigenvalue weighted by Crippen LogP contribution is -2.74. The number of hydrogen-bond donors (Lipinski definition) is 0. The van der Waals surface area contributed by atoms with Crippen LogP contribution >= 0.6 is 0 Å². The summed E-state index contributed by atoms with van der Waals surface area (Å²) in [7, 11) is -3.24. The molecule has 3 aromatic heterocycles. The first-order chi connectivity index (χ1) is 38.7. The van der Waals surface area contributed by atoms with Gasteiger partial charge in [0, 0.05) is 49.8 Å². The molecule has 12 aromatic carbocycles. The van der Waals surface area contributed by atoms with Crippen molar-refractivity contribution in [2.45, 2.75) is 11.8 Å². The number of rotatable bonds is 7. The summed E-state index contributed by atoms with van der Waals surface area (Å²) in [5.41, 5.74) is 20.3. The molecule has 4 heteroatoms. The SMILES string of the molecule is c1ccc([Si](c2ccccc2)(c2cc(-c3ccc4oc5ccccc5c4c3)cc(-c3ccc4oc5ccccc5c4c3)c2)c2cccc(-n3c4ccccc4c4c5c(ccc43)C3c4ccccc4C5c4ccccc43)c2)cc1. The van der Waals surface area contributed by atoms with Crippen LogP contribution in [-0.4, -0.2) is 12.6 Å². The van der Waals surface area contributed by atoms with Crippen LogP contribution in [0.25, 0.3) is 93.6 Å². The molecular formula is C74H47NO2Si. The molecule has 0 aliphatic heterocycles. The molecule has 0 spiro atoms. The highest BCUT2D eigenvalue weighted by molar-refractivity contribution is 7.20. The van der Waals surface area contributed by atoms with Gasteiger partial charge in [0.1, 0.15) is 22.3 Å². The van der Waals surface area contributed by atoms with Gasteiger partial charge in [0.15, 0.2) is 8.07 Å². The van der Waals surface area contributed by atoms with E-state index in [-0.39, 0.29) is 11.8 Å². The molecule has 0 radical (unpaired) electrons. The second-order valence-electron chi connectivity index (χ2n) is 21.4. The molecule has 0 atom stereocenters. The van der Waals surface area contributed by atoms with Crippen molar-refractivity contribution in [1.82, 2.24) is 4.57 Å². The Kier molecular flexibility index (Phi) is 9.27. The molecule has 3 heterocycles. The number of benzene rings is 12. The van der Waals surface area contributed by atoms with Gasteiger partial charge >= 0.3 is 0 Å².